The zero-order valence-corrected chi connectivity index (χ0v) is 13.5. The second-order valence-electron chi connectivity index (χ2n) is 5.37. The third-order valence-electron chi connectivity index (χ3n) is 3.87. The Bertz CT molecular complexity index is 1060. The minimum Gasteiger partial charge on any atom is -0.313 e. The summed E-state index contributed by atoms with van der Waals surface area (Å²) in [7, 11) is 0. The van der Waals surface area contributed by atoms with Crippen molar-refractivity contribution in [3.05, 3.63) is 84.2 Å². The van der Waals surface area contributed by atoms with Crippen molar-refractivity contribution in [1.82, 2.24) is 4.57 Å². The first kappa shape index (κ1) is 14.0. The molecule has 0 unspecified atom stereocenters. The Morgan fingerprint density at radius 3 is 2.57 bits per heavy atom. The summed E-state index contributed by atoms with van der Waals surface area (Å²) in [6, 6.07) is 23.0. The molecule has 0 atom stereocenters. The topological polar surface area (TPSA) is 17.3 Å². The molecule has 0 saturated heterocycles. The van der Waals surface area contributed by atoms with Crippen LogP contribution >= 0.6 is 11.3 Å². The summed E-state index contributed by atoms with van der Waals surface area (Å²) in [5.74, 6) is 0. The summed E-state index contributed by atoms with van der Waals surface area (Å²) in [5, 5.41) is 2.54. The van der Waals surface area contributed by atoms with Gasteiger partial charge < -0.3 is 4.57 Å². The fraction of sp³-hybridized carbons (Fsp3) is 0.0500. The first-order valence-electron chi connectivity index (χ1n) is 7.58. The van der Waals surface area contributed by atoms with E-state index in [0.717, 1.165) is 17.0 Å². The van der Waals surface area contributed by atoms with Crippen molar-refractivity contribution in [3.63, 3.8) is 0 Å². The Morgan fingerprint density at radius 1 is 0.957 bits per heavy atom. The molecule has 0 aliphatic carbocycles. The van der Waals surface area contributed by atoms with Gasteiger partial charge in [0.1, 0.15) is 0 Å². The SMILES string of the molecule is C=CCn1c(=Nc2ccccc2)sc2c3ccccc3ccc21. The van der Waals surface area contributed by atoms with E-state index >= 15 is 0 Å². The van der Waals surface area contributed by atoms with Gasteiger partial charge in [0.15, 0.2) is 4.80 Å². The first-order chi connectivity index (χ1) is 11.4. The van der Waals surface area contributed by atoms with Gasteiger partial charge in [0, 0.05) is 11.9 Å². The van der Waals surface area contributed by atoms with Crippen molar-refractivity contribution in [2.24, 2.45) is 4.99 Å². The quantitative estimate of drug-likeness (QED) is 0.458. The molecule has 0 radical (unpaired) electrons. The van der Waals surface area contributed by atoms with Crippen molar-refractivity contribution in [2.75, 3.05) is 0 Å². The van der Waals surface area contributed by atoms with Crippen molar-refractivity contribution in [1.29, 1.82) is 0 Å². The Kier molecular flexibility index (Phi) is 3.56. The van der Waals surface area contributed by atoms with E-state index in [-0.39, 0.29) is 0 Å². The molecule has 0 amide bonds. The van der Waals surface area contributed by atoms with Gasteiger partial charge in [-0.1, -0.05) is 65.9 Å². The van der Waals surface area contributed by atoms with E-state index in [4.69, 9.17) is 4.99 Å². The maximum atomic E-state index is 4.84. The van der Waals surface area contributed by atoms with Gasteiger partial charge in [-0.25, -0.2) is 4.99 Å². The molecule has 2 nitrogen and oxygen atoms in total. The minimum absolute atomic E-state index is 0.754. The highest BCUT2D eigenvalue weighted by Gasteiger charge is 2.08. The standard InChI is InChI=1S/C20H16N2S/c1-2-14-22-18-13-12-15-8-6-7-11-17(15)19(18)23-20(22)21-16-9-4-3-5-10-16/h2-13H,1,14H2. The molecule has 1 aromatic heterocycles. The number of allylic oxidation sites excluding steroid dienone is 1. The fourth-order valence-corrected chi connectivity index (χ4v) is 4.00. The van der Waals surface area contributed by atoms with Crippen LogP contribution in [0.25, 0.3) is 21.0 Å². The van der Waals surface area contributed by atoms with Gasteiger partial charge in [-0.15, -0.1) is 6.58 Å². The molecule has 3 heteroatoms. The normalized spacial score (nSPS) is 12.1. The third kappa shape index (κ3) is 2.49. The first-order valence-corrected chi connectivity index (χ1v) is 8.40. The van der Waals surface area contributed by atoms with Crippen molar-refractivity contribution in [3.8, 4) is 0 Å². The molecule has 3 aromatic carbocycles. The van der Waals surface area contributed by atoms with Crippen molar-refractivity contribution < 1.29 is 0 Å². The molecular formula is C20H16N2S. The molecule has 1 heterocycles. The lowest BCUT2D eigenvalue weighted by atomic mass is 10.1. The lowest BCUT2D eigenvalue weighted by Crippen LogP contribution is -2.13. The number of aromatic nitrogens is 1. The molecule has 4 rings (SSSR count). The molecule has 0 bridgehead atoms. The number of benzene rings is 3. The minimum atomic E-state index is 0.754. The van der Waals surface area contributed by atoms with Crippen LogP contribution in [0.15, 0.2) is 84.4 Å². The lowest BCUT2D eigenvalue weighted by Gasteiger charge is -2.03. The molecular weight excluding hydrogens is 300 g/mol. The average Bonchev–Trinajstić information content (AvgIpc) is 2.94. The second kappa shape index (κ2) is 5.86. The zero-order chi connectivity index (χ0) is 15.6. The van der Waals surface area contributed by atoms with Gasteiger partial charge in [-0.3, -0.25) is 0 Å². The van der Waals surface area contributed by atoms with Crippen LogP contribution in [-0.2, 0) is 6.54 Å². The summed E-state index contributed by atoms with van der Waals surface area (Å²) in [6.07, 6.45) is 1.92. The molecule has 0 aliphatic heterocycles. The fourth-order valence-electron chi connectivity index (χ4n) is 2.80. The van der Waals surface area contributed by atoms with Gasteiger partial charge in [-0.2, -0.15) is 0 Å². The summed E-state index contributed by atoms with van der Waals surface area (Å²) in [6.45, 7) is 4.65. The zero-order valence-electron chi connectivity index (χ0n) is 12.6. The molecule has 4 aromatic rings. The number of thiazole rings is 1. The Balaban J connectivity index is 2.07. The number of hydrogen-bond acceptors (Lipinski definition) is 2. The summed E-state index contributed by atoms with van der Waals surface area (Å²) in [4.78, 5) is 5.84. The van der Waals surface area contributed by atoms with E-state index in [0.29, 0.717) is 0 Å². The van der Waals surface area contributed by atoms with Gasteiger partial charge in [0.25, 0.3) is 0 Å². The van der Waals surface area contributed by atoms with E-state index in [1.807, 2.05) is 36.4 Å². The molecule has 0 N–H and O–H groups in total. The monoisotopic (exact) mass is 316 g/mol. The van der Waals surface area contributed by atoms with Gasteiger partial charge >= 0.3 is 0 Å². The predicted molar refractivity (Wildman–Crippen MR) is 99.2 cm³/mol. The van der Waals surface area contributed by atoms with Gasteiger partial charge in [-0.05, 0) is 23.6 Å². The van der Waals surface area contributed by atoms with Gasteiger partial charge in [0.2, 0.25) is 0 Å². The van der Waals surface area contributed by atoms with E-state index in [1.165, 1.54) is 21.0 Å². The number of hydrogen-bond donors (Lipinski definition) is 0. The van der Waals surface area contributed by atoms with Crippen LogP contribution in [0.1, 0.15) is 0 Å². The van der Waals surface area contributed by atoms with E-state index in [1.54, 1.807) is 11.3 Å². The molecule has 0 saturated carbocycles. The molecule has 112 valence electrons. The lowest BCUT2D eigenvalue weighted by molar-refractivity contribution is 0.825. The smallest absolute Gasteiger partial charge is 0.191 e. The van der Waals surface area contributed by atoms with E-state index in [9.17, 15) is 0 Å². The summed E-state index contributed by atoms with van der Waals surface area (Å²) in [5.41, 5.74) is 2.18. The summed E-state index contributed by atoms with van der Waals surface area (Å²) >= 11 is 1.74. The highest BCUT2D eigenvalue weighted by atomic mass is 32.1. The van der Waals surface area contributed by atoms with Crippen molar-refractivity contribution >= 4 is 38.0 Å². The molecule has 0 spiro atoms. The van der Waals surface area contributed by atoms with Crippen LogP contribution in [0.2, 0.25) is 0 Å². The molecule has 23 heavy (non-hydrogen) atoms. The maximum absolute atomic E-state index is 4.84. The second-order valence-corrected chi connectivity index (χ2v) is 6.34. The Labute approximate surface area is 138 Å². The molecule has 0 aliphatic rings. The van der Waals surface area contributed by atoms with Crippen LogP contribution < -0.4 is 4.80 Å². The average molecular weight is 316 g/mol. The van der Waals surface area contributed by atoms with Crippen LogP contribution in [0.5, 0.6) is 0 Å². The van der Waals surface area contributed by atoms with Crippen LogP contribution in [0, 0.1) is 0 Å². The Hall–Kier alpha value is -2.65. The number of fused-ring (bicyclic) bond motifs is 3. The van der Waals surface area contributed by atoms with Crippen LogP contribution in [0.4, 0.5) is 5.69 Å². The number of nitrogens with zero attached hydrogens (tertiary/aromatic N) is 2. The highest BCUT2D eigenvalue weighted by molar-refractivity contribution is 7.17. The number of rotatable bonds is 3. The third-order valence-corrected chi connectivity index (χ3v) is 4.99. The number of para-hydroxylation sites is 1. The predicted octanol–water partition coefficient (Wildman–Crippen LogP) is 5.27. The van der Waals surface area contributed by atoms with E-state index in [2.05, 4.69) is 47.5 Å². The molecule has 0 fully saturated rings. The van der Waals surface area contributed by atoms with Gasteiger partial charge in [0.05, 0.1) is 15.9 Å². The van der Waals surface area contributed by atoms with Crippen LogP contribution in [0.3, 0.4) is 0 Å². The summed E-state index contributed by atoms with van der Waals surface area (Å²) < 4.78 is 3.51. The van der Waals surface area contributed by atoms with E-state index < -0.39 is 0 Å². The maximum Gasteiger partial charge on any atom is 0.191 e. The van der Waals surface area contributed by atoms with Crippen molar-refractivity contribution in [2.45, 2.75) is 6.54 Å². The Morgan fingerprint density at radius 2 is 1.74 bits per heavy atom. The largest absolute Gasteiger partial charge is 0.313 e. The van der Waals surface area contributed by atoms with Crippen LogP contribution in [-0.4, -0.2) is 4.57 Å². The highest BCUT2D eigenvalue weighted by Crippen LogP contribution is 2.28.